The van der Waals surface area contributed by atoms with E-state index in [-0.39, 0.29) is 18.8 Å². The van der Waals surface area contributed by atoms with Crippen LogP contribution in [0.1, 0.15) is 25.0 Å². The minimum atomic E-state index is -1.23. The molecule has 10 heteroatoms. The topological polar surface area (TPSA) is 154 Å². The second-order valence-electron chi connectivity index (χ2n) is 7.43. The fourth-order valence-corrected chi connectivity index (χ4v) is 2.76. The molecule has 0 unspecified atom stereocenters. The summed E-state index contributed by atoms with van der Waals surface area (Å²) in [5.74, 6) is -2.55. The molecule has 3 amide bonds. The number of ether oxygens (including phenoxy) is 1. The molecule has 0 saturated heterocycles. The van der Waals surface area contributed by atoms with Gasteiger partial charge in [-0.15, -0.1) is 0 Å². The lowest BCUT2D eigenvalue weighted by molar-refractivity contribution is -0.141. The molecule has 10 nitrogen and oxygen atoms in total. The average molecular weight is 457 g/mol. The van der Waals surface area contributed by atoms with Gasteiger partial charge in [-0.3, -0.25) is 14.4 Å². The zero-order valence-corrected chi connectivity index (χ0v) is 18.3. The van der Waals surface area contributed by atoms with Crippen molar-refractivity contribution in [2.75, 3.05) is 0 Å². The first-order chi connectivity index (χ1) is 15.7. The van der Waals surface area contributed by atoms with Gasteiger partial charge < -0.3 is 30.9 Å². The van der Waals surface area contributed by atoms with Gasteiger partial charge in [-0.25, -0.2) is 4.79 Å². The Morgan fingerprint density at radius 3 is 2.06 bits per heavy atom. The van der Waals surface area contributed by atoms with Gasteiger partial charge >= 0.3 is 12.1 Å². The van der Waals surface area contributed by atoms with Crippen molar-refractivity contribution in [2.45, 2.75) is 45.0 Å². The van der Waals surface area contributed by atoms with Gasteiger partial charge in [-0.05, 0) is 37.1 Å². The van der Waals surface area contributed by atoms with Gasteiger partial charge in [0.05, 0.1) is 0 Å². The van der Waals surface area contributed by atoms with Crippen LogP contribution in [0.2, 0.25) is 0 Å². The first-order valence-electron chi connectivity index (χ1n) is 10.2. The Labute approximate surface area is 191 Å². The number of amides is 3. The van der Waals surface area contributed by atoms with Crippen LogP contribution in [-0.4, -0.2) is 52.2 Å². The van der Waals surface area contributed by atoms with Crippen molar-refractivity contribution in [1.29, 1.82) is 0 Å². The number of phenolic OH excluding ortho intramolecular Hbond substituents is 1. The van der Waals surface area contributed by atoms with E-state index in [1.165, 1.54) is 26.0 Å². The molecule has 0 heterocycles. The van der Waals surface area contributed by atoms with Gasteiger partial charge in [-0.1, -0.05) is 42.5 Å². The fourth-order valence-electron chi connectivity index (χ4n) is 2.76. The molecule has 5 N–H and O–H groups in total. The number of carboxylic acids is 1. The molecule has 0 bridgehead atoms. The van der Waals surface area contributed by atoms with Gasteiger partial charge in [0.1, 0.15) is 30.5 Å². The highest BCUT2D eigenvalue weighted by atomic mass is 16.5. The summed E-state index contributed by atoms with van der Waals surface area (Å²) in [5.41, 5.74) is 1.40. The predicted molar refractivity (Wildman–Crippen MR) is 118 cm³/mol. The van der Waals surface area contributed by atoms with Crippen LogP contribution in [0.4, 0.5) is 4.79 Å². The first kappa shape index (κ1) is 25.2. The van der Waals surface area contributed by atoms with E-state index in [1.807, 2.05) is 6.07 Å². The molecule has 2 rings (SSSR count). The van der Waals surface area contributed by atoms with Crippen molar-refractivity contribution >= 4 is 23.9 Å². The van der Waals surface area contributed by atoms with Crippen molar-refractivity contribution in [3.8, 4) is 5.75 Å². The van der Waals surface area contributed by atoms with Gasteiger partial charge in [0.25, 0.3) is 0 Å². The van der Waals surface area contributed by atoms with E-state index in [2.05, 4.69) is 16.0 Å². The summed E-state index contributed by atoms with van der Waals surface area (Å²) < 4.78 is 5.09. The Kier molecular flexibility index (Phi) is 9.22. The van der Waals surface area contributed by atoms with E-state index in [1.54, 1.807) is 36.4 Å². The first-order valence-corrected chi connectivity index (χ1v) is 10.2. The highest BCUT2D eigenvalue weighted by Crippen LogP contribution is 2.12. The minimum absolute atomic E-state index is 0.0278. The van der Waals surface area contributed by atoms with E-state index in [0.717, 1.165) is 5.56 Å². The fraction of sp³-hybridized carbons (Fsp3) is 0.304. The van der Waals surface area contributed by atoms with Crippen molar-refractivity contribution in [1.82, 2.24) is 16.0 Å². The molecule has 0 saturated carbocycles. The lowest BCUT2D eigenvalue weighted by Gasteiger charge is -2.22. The van der Waals surface area contributed by atoms with E-state index < -0.39 is 42.0 Å². The Balaban J connectivity index is 1.99. The smallest absolute Gasteiger partial charge is 0.408 e. The SMILES string of the molecule is C[C@H](NC(=O)[C@@H](Cc1ccc(O)cc1)NC(=O)[C@@H](C)NC(=O)OCc1ccccc1)C(=O)O. The van der Waals surface area contributed by atoms with E-state index in [4.69, 9.17) is 9.84 Å². The number of aliphatic carboxylic acids is 1. The summed E-state index contributed by atoms with van der Waals surface area (Å²) in [7, 11) is 0. The monoisotopic (exact) mass is 457 g/mol. The maximum Gasteiger partial charge on any atom is 0.408 e. The highest BCUT2D eigenvalue weighted by Gasteiger charge is 2.27. The number of alkyl carbamates (subject to hydrolysis) is 1. The standard InChI is InChI=1S/C23H27N3O7/c1-14(25-23(32)33-13-17-6-4-3-5-7-17)20(28)26-19(21(29)24-15(2)22(30)31)12-16-8-10-18(27)11-9-16/h3-11,14-15,19,27H,12-13H2,1-2H3,(H,24,29)(H,25,32)(H,26,28)(H,30,31)/t14-,15+,19-/m1/s1. The molecule has 2 aromatic rings. The third-order valence-corrected chi connectivity index (χ3v) is 4.68. The van der Waals surface area contributed by atoms with Gasteiger partial charge in [-0.2, -0.15) is 0 Å². The van der Waals surface area contributed by atoms with Crippen molar-refractivity contribution in [3.63, 3.8) is 0 Å². The quantitative estimate of drug-likeness (QED) is 0.360. The highest BCUT2D eigenvalue weighted by molar-refractivity contribution is 5.92. The van der Waals surface area contributed by atoms with E-state index >= 15 is 0 Å². The number of carbonyl (C=O) groups excluding carboxylic acids is 3. The van der Waals surface area contributed by atoms with Gasteiger partial charge in [0, 0.05) is 6.42 Å². The molecule has 2 aromatic carbocycles. The third kappa shape index (κ3) is 8.52. The molecular weight excluding hydrogens is 430 g/mol. The zero-order chi connectivity index (χ0) is 24.4. The van der Waals surface area contributed by atoms with Crippen LogP contribution >= 0.6 is 0 Å². The molecule has 0 fully saturated rings. The molecule has 0 aliphatic carbocycles. The summed E-state index contributed by atoms with van der Waals surface area (Å²) in [6.07, 6.45) is -0.768. The van der Waals surface area contributed by atoms with Crippen molar-refractivity contribution < 1.29 is 34.1 Å². The Hall–Kier alpha value is -4.08. The minimum Gasteiger partial charge on any atom is -0.508 e. The molecule has 176 valence electrons. The number of phenols is 1. The van der Waals surface area contributed by atoms with Gasteiger partial charge in [0.15, 0.2) is 0 Å². The van der Waals surface area contributed by atoms with Crippen molar-refractivity contribution in [2.24, 2.45) is 0 Å². The lowest BCUT2D eigenvalue weighted by atomic mass is 10.0. The maximum absolute atomic E-state index is 12.6. The number of carboxylic acid groups (broad SMARTS) is 1. The summed E-state index contributed by atoms with van der Waals surface area (Å²) >= 11 is 0. The third-order valence-electron chi connectivity index (χ3n) is 4.68. The number of benzene rings is 2. The average Bonchev–Trinajstić information content (AvgIpc) is 2.79. The molecule has 0 spiro atoms. The molecule has 0 aromatic heterocycles. The lowest BCUT2D eigenvalue weighted by Crippen LogP contribution is -2.55. The molecule has 0 radical (unpaired) electrons. The van der Waals surface area contributed by atoms with Crippen LogP contribution in [0.3, 0.4) is 0 Å². The van der Waals surface area contributed by atoms with Crippen LogP contribution in [0.5, 0.6) is 5.75 Å². The van der Waals surface area contributed by atoms with Crippen LogP contribution in [-0.2, 0) is 32.1 Å². The number of carbonyl (C=O) groups is 4. The second-order valence-corrected chi connectivity index (χ2v) is 7.43. The number of aromatic hydroxyl groups is 1. The Morgan fingerprint density at radius 1 is 0.818 bits per heavy atom. The van der Waals surface area contributed by atoms with Crippen LogP contribution in [0, 0.1) is 0 Å². The molecule has 33 heavy (non-hydrogen) atoms. The summed E-state index contributed by atoms with van der Waals surface area (Å²) in [4.78, 5) is 48.3. The van der Waals surface area contributed by atoms with Crippen LogP contribution < -0.4 is 16.0 Å². The summed E-state index contributed by atoms with van der Waals surface area (Å²) in [6, 6.07) is 11.7. The Bertz CT molecular complexity index is 964. The number of rotatable bonds is 10. The van der Waals surface area contributed by atoms with Crippen molar-refractivity contribution in [3.05, 3.63) is 65.7 Å². The Morgan fingerprint density at radius 2 is 1.45 bits per heavy atom. The molecule has 0 aliphatic rings. The second kappa shape index (κ2) is 12.1. The normalized spacial score (nSPS) is 13.2. The maximum atomic E-state index is 12.6. The van der Waals surface area contributed by atoms with E-state index in [9.17, 15) is 24.3 Å². The van der Waals surface area contributed by atoms with E-state index in [0.29, 0.717) is 5.56 Å². The van der Waals surface area contributed by atoms with Crippen LogP contribution in [0.15, 0.2) is 54.6 Å². The zero-order valence-electron chi connectivity index (χ0n) is 18.3. The predicted octanol–water partition coefficient (Wildman–Crippen LogP) is 1.32. The molecular formula is C23H27N3O7. The number of nitrogens with one attached hydrogen (secondary N) is 3. The summed E-state index contributed by atoms with van der Waals surface area (Å²) in [5, 5.41) is 25.7. The number of hydrogen-bond donors (Lipinski definition) is 5. The molecule has 3 atom stereocenters. The van der Waals surface area contributed by atoms with Gasteiger partial charge in [0.2, 0.25) is 11.8 Å². The molecule has 0 aliphatic heterocycles. The largest absolute Gasteiger partial charge is 0.508 e. The van der Waals surface area contributed by atoms with Crippen LogP contribution in [0.25, 0.3) is 0 Å². The number of hydrogen-bond acceptors (Lipinski definition) is 6. The summed E-state index contributed by atoms with van der Waals surface area (Å²) in [6.45, 7) is 2.75.